The van der Waals surface area contributed by atoms with Gasteiger partial charge in [0.05, 0.1) is 5.56 Å². The summed E-state index contributed by atoms with van der Waals surface area (Å²) in [6.07, 6.45) is -1.23. The largest absolute Gasteiger partial charge is 0.416 e. The first-order valence-corrected chi connectivity index (χ1v) is 5.96. The van der Waals surface area contributed by atoms with Gasteiger partial charge in [-0.05, 0) is 37.1 Å². The number of hydrogen-bond donors (Lipinski definition) is 1. The second-order valence-electron chi connectivity index (χ2n) is 4.24. The molecule has 5 heteroatoms. The molecule has 0 saturated carbocycles. The van der Waals surface area contributed by atoms with Gasteiger partial charge in [-0.25, -0.2) is 0 Å². The van der Waals surface area contributed by atoms with Crippen molar-refractivity contribution in [3.63, 3.8) is 0 Å². The molecule has 1 aliphatic rings. The molecule has 0 amide bonds. The molecule has 1 aromatic rings. The third-order valence-electron chi connectivity index (χ3n) is 3.01. The van der Waals surface area contributed by atoms with Crippen LogP contribution >= 0.6 is 11.6 Å². The lowest BCUT2D eigenvalue weighted by Crippen LogP contribution is -2.27. The average Bonchev–Trinajstić information content (AvgIpc) is 2.29. The van der Waals surface area contributed by atoms with E-state index in [4.69, 9.17) is 11.6 Å². The van der Waals surface area contributed by atoms with Crippen molar-refractivity contribution in [3.8, 4) is 0 Å². The maximum absolute atomic E-state index is 12.5. The second-order valence-corrected chi connectivity index (χ2v) is 4.64. The van der Waals surface area contributed by atoms with Gasteiger partial charge in [0.15, 0.2) is 0 Å². The van der Waals surface area contributed by atoms with Crippen LogP contribution in [0.1, 0.15) is 36.4 Å². The summed E-state index contributed by atoms with van der Waals surface area (Å²) in [6, 6.07) is 3.66. The summed E-state index contributed by atoms with van der Waals surface area (Å²) < 4.78 is 37.4. The van der Waals surface area contributed by atoms with Crippen LogP contribution in [0.4, 0.5) is 13.2 Å². The highest BCUT2D eigenvalue weighted by Gasteiger charge is 2.31. The molecule has 1 fully saturated rings. The van der Waals surface area contributed by atoms with Crippen LogP contribution in [0.15, 0.2) is 18.2 Å². The molecule has 94 valence electrons. The van der Waals surface area contributed by atoms with Gasteiger partial charge in [0.25, 0.3) is 0 Å². The lowest BCUT2D eigenvalue weighted by atomic mass is 9.96. The molecule has 1 heterocycles. The predicted molar refractivity (Wildman–Crippen MR) is 61.0 cm³/mol. The standard InChI is InChI=1S/C12H13ClF3N/c13-10-7-8(12(14,15)16)4-5-9(10)11-3-1-2-6-17-11/h4-5,7,11,17H,1-3,6H2. The molecule has 0 spiro atoms. The van der Waals surface area contributed by atoms with E-state index in [0.717, 1.165) is 43.5 Å². The fraction of sp³-hybridized carbons (Fsp3) is 0.500. The number of benzene rings is 1. The van der Waals surface area contributed by atoms with E-state index >= 15 is 0 Å². The van der Waals surface area contributed by atoms with Crippen LogP contribution in [-0.4, -0.2) is 6.54 Å². The van der Waals surface area contributed by atoms with Gasteiger partial charge in [0.1, 0.15) is 0 Å². The molecule has 0 aromatic heterocycles. The molecular weight excluding hydrogens is 251 g/mol. The van der Waals surface area contributed by atoms with Crippen LogP contribution in [0.3, 0.4) is 0 Å². The van der Waals surface area contributed by atoms with E-state index in [-0.39, 0.29) is 11.1 Å². The zero-order chi connectivity index (χ0) is 12.5. The van der Waals surface area contributed by atoms with Gasteiger partial charge in [-0.1, -0.05) is 24.1 Å². The summed E-state index contributed by atoms with van der Waals surface area (Å²) in [4.78, 5) is 0. The molecule has 0 bridgehead atoms. The SMILES string of the molecule is FC(F)(F)c1ccc(C2CCCCN2)c(Cl)c1. The molecule has 1 atom stereocenters. The summed E-state index contributed by atoms with van der Waals surface area (Å²) >= 11 is 5.93. The Kier molecular flexibility index (Phi) is 3.64. The molecule has 0 radical (unpaired) electrons. The van der Waals surface area contributed by atoms with Crippen LogP contribution in [0, 0.1) is 0 Å². The number of alkyl halides is 3. The van der Waals surface area contributed by atoms with Crippen LogP contribution in [-0.2, 0) is 6.18 Å². The Labute approximate surface area is 103 Å². The zero-order valence-electron chi connectivity index (χ0n) is 9.15. The van der Waals surface area contributed by atoms with Crippen molar-refractivity contribution in [1.82, 2.24) is 5.32 Å². The normalized spacial score (nSPS) is 21.5. The third-order valence-corrected chi connectivity index (χ3v) is 3.34. The highest BCUT2D eigenvalue weighted by Crippen LogP contribution is 2.35. The van der Waals surface area contributed by atoms with Gasteiger partial charge in [-0.15, -0.1) is 0 Å². The van der Waals surface area contributed by atoms with Gasteiger partial charge in [-0.2, -0.15) is 13.2 Å². The number of hydrogen-bond acceptors (Lipinski definition) is 1. The Morgan fingerprint density at radius 2 is 2.00 bits per heavy atom. The fourth-order valence-corrected chi connectivity index (χ4v) is 2.42. The van der Waals surface area contributed by atoms with E-state index in [1.165, 1.54) is 6.07 Å². The van der Waals surface area contributed by atoms with Gasteiger partial charge in [0, 0.05) is 11.1 Å². The zero-order valence-corrected chi connectivity index (χ0v) is 9.91. The number of rotatable bonds is 1. The van der Waals surface area contributed by atoms with Crippen LogP contribution < -0.4 is 5.32 Å². The van der Waals surface area contributed by atoms with Gasteiger partial charge in [-0.3, -0.25) is 0 Å². The lowest BCUT2D eigenvalue weighted by molar-refractivity contribution is -0.137. The Hall–Kier alpha value is -0.740. The van der Waals surface area contributed by atoms with Crippen molar-refractivity contribution in [3.05, 3.63) is 34.3 Å². The molecule has 1 unspecified atom stereocenters. The molecule has 2 rings (SSSR count). The Morgan fingerprint density at radius 3 is 2.53 bits per heavy atom. The quantitative estimate of drug-likeness (QED) is 0.802. The van der Waals surface area contributed by atoms with Crippen LogP contribution in [0.5, 0.6) is 0 Å². The van der Waals surface area contributed by atoms with Crippen molar-refractivity contribution in [2.75, 3.05) is 6.54 Å². The van der Waals surface area contributed by atoms with E-state index in [2.05, 4.69) is 5.32 Å². The average molecular weight is 264 g/mol. The van der Waals surface area contributed by atoms with E-state index in [1.807, 2.05) is 0 Å². The maximum atomic E-state index is 12.5. The van der Waals surface area contributed by atoms with Crippen molar-refractivity contribution in [2.45, 2.75) is 31.5 Å². The smallest absolute Gasteiger partial charge is 0.310 e. The van der Waals surface area contributed by atoms with Gasteiger partial charge >= 0.3 is 6.18 Å². The highest BCUT2D eigenvalue weighted by atomic mass is 35.5. The Balaban J connectivity index is 2.25. The maximum Gasteiger partial charge on any atom is 0.416 e. The number of nitrogens with one attached hydrogen (secondary N) is 1. The highest BCUT2D eigenvalue weighted by molar-refractivity contribution is 6.31. The van der Waals surface area contributed by atoms with E-state index in [9.17, 15) is 13.2 Å². The number of halogens is 4. The van der Waals surface area contributed by atoms with Crippen molar-refractivity contribution in [2.24, 2.45) is 0 Å². The predicted octanol–water partition coefficient (Wildman–Crippen LogP) is 4.17. The minimum atomic E-state index is -4.33. The minimum absolute atomic E-state index is 0.0820. The van der Waals surface area contributed by atoms with E-state index in [0.29, 0.717) is 0 Å². The fourth-order valence-electron chi connectivity index (χ4n) is 2.10. The first kappa shape index (κ1) is 12.7. The van der Waals surface area contributed by atoms with Gasteiger partial charge in [0.2, 0.25) is 0 Å². The molecule has 1 aliphatic heterocycles. The van der Waals surface area contributed by atoms with Crippen LogP contribution in [0.2, 0.25) is 5.02 Å². The van der Waals surface area contributed by atoms with E-state index < -0.39 is 11.7 Å². The van der Waals surface area contributed by atoms with Gasteiger partial charge < -0.3 is 5.32 Å². The van der Waals surface area contributed by atoms with Crippen molar-refractivity contribution < 1.29 is 13.2 Å². The Morgan fingerprint density at radius 1 is 1.24 bits per heavy atom. The van der Waals surface area contributed by atoms with Crippen LogP contribution in [0.25, 0.3) is 0 Å². The summed E-state index contributed by atoms with van der Waals surface area (Å²) in [7, 11) is 0. The molecule has 1 saturated heterocycles. The number of piperidine rings is 1. The molecule has 0 aliphatic carbocycles. The summed E-state index contributed by atoms with van der Waals surface area (Å²) in [6.45, 7) is 0.891. The van der Waals surface area contributed by atoms with E-state index in [1.54, 1.807) is 0 Å². The van der Waals surface area contributed by atoms with Crippen molar-refractivity contribution >= 4 is 11.6 Å². The molecule has 1 aromatic carbocycles. The lowest BCUT2D eigenvalue weighted by Gasteiger charge is -2.25. The minimum Gasteiger partial charge on any atom is -0.310 e. The first-order valence-electron chi connectivity index (χ1n) is 5.58. The third kappa shape index (κ3) is 2.93. The monoisotopic (exact) mass is 263 g/mol. The molecule has 1 nitrogen and oxygen atoms in total. The second kappa shape index (κ2) is 4.86. The topological polar surface area (TPSA) is 12.0 Å². The molecular formula is C12H13ClF3N. The molecule has 17 heavy (non-hydrogen) atoms. The van der Waals surface area contributed by atoms with Crippen molar-refractivity contribution in [1.29, 1.82) is 0 Å². The Bertz CT molecular complexity index is 397. The summed E-state index contributed by atoms with van der Waals surface area (Å²) in [5.74, 6) is 0. The summed E-state index contributed by atoms with van der Waals surface area (Å²) in [5.41, 5.74) is 0.0708. The summed E-state index contributed by atoms with van der Waals surface area (Å²) in [5, 5.41) is 3.46. The molecule has 1 N–H and O–H groups in total. The first-order chi connectivity index (χ1) is 7.98.